The van der Waals surface area contributed by atoms with Crippen molar-refractivity contribution in [3.63, 3.8) is 0 Å². The molecule has 0 unspecified atom stereocenters. The van der Waals surface area contributed by atoms with E-state index in [1.165, 1.54) is 12.1 Å². The summed E-state index contributed by atoms with van der Waals surface area (Å²) in [6.07, 6.45) is 0. The first-order chi connectivity index (χ1) is 12.0. The smallest absolute Gasteiger partial charge is 0.257 e. The van der Waals surface area contributed by atoms with Gasteiger partial charge in [-0.1, -0.05) is 58.2 Å². The summed E-state index contributed by atoms with van der Waals surface area (Å²) < 4.78 is 19.3. The van der Waals surface area contributed by atoms with Crippen LogP contribution in [0.2, 0.25) is 5.02 Å². The number of carbonyl (C=O) groups is 1. The molecule has 0 saturated heterocycles. The standard InChI is InChI=1S/C17H10Cl3FN2O2/c18-11-5-2-6-12(21)15(11)13-8-14(25-23-13)9-3-1-4-10(7-9)22-17(24)16(19)20/h1-8,16H,(H,22,24). The second-order valence-electron chi connectivity index (χ2n) is 5.04. The highest BCUT2D eigenvalue weighted by atomic mass is 35.5. The van der Waals surface area contributed by atoms with E-state index in [2.05, 4.69) is 10.5 Å². The molecule has 1 N–H and O–H groups in total. The van der Waals surface area contributed by atoms with Crippen LogP contribution in [-0.4, -0.2) is 15.9 Å². The summed E-state index contributed by atoms with van der Waals surface area (Å²) >= 11 is 17.1. The average Bonchev–Trinajstić information content (AvgIpc) is 3.04. The van der Waals surface area contributed by atoms with Gasteiger partial charge < -0.3 is 9.84 Å². The second-order valence-corrected chi connectivity index (χ2v) is 6.55. The lowest BCUT2D eigenvalue weighted by molar-refractivity contribution is -0.114. The SMILES string of the molecule is O=C(Nc1cccc(-c2cc(-c3c(F)cccc3Cl)no2)c1)C(Cl)Cl. The summed E-state index contributed by atoms with van der Waals surface area (Å²) in [5.41, 5.74) is 1.55. The Morgan fingerprint density at radius 1 is 1.16 bits per heavy atom. The summed E-state index contributed by atoms with van der Waals surface area (Å²) in [7, 11) is 0. The summed E-state index contributed by atoms with van der Waals surface area (Å²) in [6.45, 7) is 0. The Morgan fingerprint density at radius 2 is 1.92 bits per heavy atom. The minimum absolute atomic E-state index is 0.163. The van der Waals surface area contributed by atoms with E-state index in [1.807, 2.05) is 0 Å². The zero-order chi connectivity index (χ0) is 18.0. The van der Waals surface area contributed by atoms with Crippen LogP contribution in [0.3, 0.4) is 0 Å². The number of hydrogen-bond donors (Lipinski definition) is 1. The molecule has 1 amide bonds. The first kappa shape index (κ1) is 17.7. The molecule has 0 aliphatic heterocycles. The molecule has 2 aromatic carbocycles. The van der Waals surface area contributed by atoms with Gasteiger partial charge in [-0.2, -0.15) is 0 Å². The van der Waals surface area contributed by atoms with Gasteiger partial charge in [-0.05, 0) is 24.3 Å². The molecule has 25 heavy (non-hydrogen) atoms. The number of aromatic nitrogens is 1. The average molecular weight is 400 g/mol. The van der Waals surface area contributed by atoms with Crippen molar-refractivity contribution in [3.8, 4) is 22.6 Å². The van der Waals surface area contributed by atoms with E-state index in [1.54, 1.807) is 36.4 Å². The van der Waals surface area contributed by atoms with E-state index in [9.17, 15) is 9.18 Å². The Bertz CT molecular complexity index is 908. The van der Waals surface area contributed by atoms with Gasteiger partial charge in [0.05, 0.1) is 10.6 Å². The lowest BCUT2D eigenvalue weighted by Crippen LogP contribution is -2.18. The molecule has 0 aliphatic carbocycles. The number of nitrogens with zero attached hydrogens (tertiary/aromatic N) is 1. The molecular weight excluding hydrogens is 390 g/mol. The van der Waals surface area contributed by atoms with Gasteiger partial charge in [0, 0.05) is 17.3 Å². The zero-order valence-corrected chi connectivity index (χ0v) is 14.7. The van der Waals surface area contributed by atoms with Crippen molar-refractivity contribution < 1.29 is 13.7 Å². The van der Waals surface area contributed by atoms with Crippen LogP contribution >= 0.6 is 34.8 Å². The molecule has 0 saturated carbocycles. The first-order valence-electron chi connectivity index (χ1n) is 7.06. The van der Waals surface area contributed by atoms with Gasteiger partial charge in [0.2, 0.25) is 0 Å². The van der Waals surface area contributed by atoms with Gasteiger partial charge in [0.15, 0.2) is 10.6 Å². The fourth-order valence-corrected chi connectivity index (χ4v) is 2.59. The number of halogens is 4. The van der Waals surface area contributed by atoms with Crippen LogP contribution in [0, 0.1) is 5.82 Å². The fourth-order valence-electron chi connectivity index (χ4n) is 2.22. The molecule has 0 atom stereocenters. The quantitative estimate of drug-likeness (QED) is 0.586. The molecule has 8 heteroatoms. The van der Waals surface area contributed by atoms with Crippen molar-refractivity contribution in [1.29, 1.82) is 0 Å². The summed E-state index contributed by atoms with van der Waals surface area (Å²) in [4.78, 5) is 10.4. The molecule has 3 rings (SSSR count). The van der Waals surface area contributed by atoms with Crippen LogP contribution < -0.4 is 5.32 Å². The molecule has 0 fully saturated rings. The van der Waals surface area contributed by atoms with Crippen LogP contribution in [0.25, 0.3) is 22.6 Å². The summed E-state index contributed by atoms with van der Waals surface area (Å²) in [6, 6.07) is 12.7. The molecule has 0 radical (unpaired) electrons. The number of alkyl halides is 2. The molecule has 0 aliphatic rings. The number of nitrogens with one attached hydrogen (secondary N) is 1. The van der Waals surface area contributed by atoms with Crippen molar-refractivity contribution in [1.82, 2.24) is 5.16 Å². The van der Waals surface area contributed by atoms with Crippen LogP contribution in [0.5, 0.6) is 0 Å². The largest absolute Gasteiger partial charge is 0.356 e. The normalized spacial score (nSPS) is 10.9. The number of carbonyl (C=O) groups excluding carboxylic acids is 1. The third-order valence-electron chi connectivity index (χ3n) is 3.34. The lowest BCUT2D eigenvalue weighted by atomic mass is 10.1. The van der Waals surface area contributed by atoms with Crippen molar-refractivity contribution in [2.45, 2.75) is 4.84 Å². The van der Waals surface area contributed by atoms with E-state index in [0.717, 1.165) is 0 Å². The van der Waals surface area contributed by atoms with Gasteiger partial charge >= 0.3 is 0 Å². The Labute approximate surface area is 157 Å². The molecule has 1 aromatic heterocycles. The number of rotatable bonds is 4. The minimum Gasteiger partial charge on any atom is -0.356 e. The van der Waals surface area contributed by atoms with E-state index >= 15 is 0 Å². The predicted molar refractivity (Wildman–Crippen MR) is 96.5 cm³/mol. The van der Waals surface area contributed by atoms with Crippen LogP contribution in [0.4, 0.5) is 10.1 Å². The number of benzene rings is 2. The Morgan fingerprint density at radius 3 is 2.64 bits per heavy atom. The molecule has 0 spiro atoms. The van der Waals surface area contributed by atoms with Crippen molar-refractivity contribution in [3.05, 3.63) is 59.4 Å². The summed E-state index contributed by atoms with van der Waals surface area (Å²) in [5.74, 6) is -0.653. The van der Waals surface area contributed by atoms with Gasteiger partial charge in [-0.15, -0.1) is 0 Å². The number of anilines is 1. The monoisotopic (exact) mass is 398 g/mol. The highest BCUT2D eigenvalue weighted by Crippen LogP contribution is 2.33. The highest BCUT2D eigenvalue weighted by molar-refractivity contribution is 6.54. The molecule has 1 heterocycles. The minimum atomic E-state index is -1.18. The third kappa shape index (κ3) is 3.95. The molecular formula is C17H10Cl3FN2O2. The predicted octanol–water partition coefficient (Wildman–Crippen LogP) is 5.54. The number of hydrogen-bond acceptors (Lipinski definition) is 3. The second kappa shape index (κ2) is 7.44. The molecule has 0 bridgehead atoms. The van der Waals surface area contributed by atoms with Crippen molar-refractivity contribution >= 4 is 46.4 Å². The van der Waals surface area contributed by atoms with Gasteiger partial charge in [0.25, 0.3) is 5.91 Å². The lowest BCUT2D eigenvalue weighted by Gasteiger charge is -2.06. The Balaban J connectivity index is 1.92. The molecule has 128 valence electrons. The van der Waals surface area contributed by atoms with Crippen molar-refractivity contribution in [2.75, 3.05) is 5.32 Å². The van der Waals surface area contributed by atoms with Gasteiger partial charge in [0.1, 0.15) is 11.5 Å². The van der Waals surface area contributed by atoms with E-state index in [-0.39, 0.29) is 16.3 Å². The van der Waals surface area contributed by atoms with E-state index in [4.69, 9.17) is 39.3 Å². The van der Waals surface area contributed by atoms with Crippen LogP contribution in [-0.2, 0) is 4.79 Å². The maximum Gasteiger partial charge on any atom is 0.257 e. The summed E-state index contributed by atoms with van der Waals surface area (Å²) in [5, 5.41) is 6.67. The van der Waals surface area contributed by atoms with E-state index in [0.29, 0.717) is 17.0 Å². The fraction of sp³-hybridized carbons (Fsp3) is 0.0588. The Hall–Kier alpha value is -2.08. The first-order valence-corrected chi connectivity index (χ1v) is 8.31. The third-order valence-corrected chi connectivity index (χ3v) is 4.05. The highest BCUT2D eigenvalue weighted by Gasteiger charge is 2.16. The van der Waals surface area contributed by atoms with Crippen LogP contribution in [0.1, 0.15) is 0 Å². The molecule has 4 nitrogen and oxygen atoms in total. The van der Waals surface area contributed by atoms with Crippen LogP contribution in [0.15, 0.2) is 53.1 Å². The zero-order valence-electron chi connectivity index (χ0n) is 12.5. The maximum absolute atomic E-state index is 14.0. The van der Waals surface area contributed by atoms with Crippen molar-refractivity contribution in [2.24, 2.45) is 0 Å². The van der Waals surface area contributed by atoms with E-state index < -0.39 is 16.6 Å². The van der Waals surface area contributed by atoms with Gasteiger partial charge in [-0.25, -0.2) is 4.39 Å². The Kier molecular flexibility index (Phi) is 5.27. The number of amides is 1. The maximum atomic E-state index is 14.0. The topological polar surface area (TPSA) is 55.1 Å². The van der Waals surface area contributed by atoms with Gasteiger partial charge in [-0.3, -0.25) is 4.79 Å². The molecule has 3 aromatic rings.